The lowest BCUT2D eigenvalue weighted by molar-refractivity contribution is -0.131. The zero-order valence-electron chi connectivity index (χ0n) is 12.5. The monoisotopic (exact) mass is 254 g/mol. The van der Waals surface area contributed by atoms with Gasteiger partial charge in [-0.15, -0.1) is 0 Å². The maximum Gasteiger partial charge on any atom is 0.227 e. The molecule has 3 heteroatoms. The molecule has 18 heavy (non-hydrogen) atoms. The summed E-state index contributed by atoms with van der Waals surface area (Å²) in [6, 6.07) is 0.293. The standard InChI is InChI=1S/C15H30N2O/c1-5-8-15(9-10-16-11-15)14(18)17-12(4)13(6-2)7-3/h12-13,16H,5-11H2,1-4H3,(H,17,18). The summed E-state index contributed by atoms with van der Waals surface area (Å²) in [4.78, 5) is 12.6. The molecule has 0 aromatic rings. The average Bonchev–Trinajstić information content (AvgIpc) is 2.81. The van der Waals surface area contributed by atoms with Crippen LogP contribution in [0.3, 0.4) is 0 Å². The number of carbonyl (C=O) groups is 1. The van der Waals surface area contributed by atoms with Gasteiger partial charge in [0.2, 0.25) is 5.91 Å². The van der Waals surface area contributed by atoms with E-state index in [1.165, 1.54) is 0 Å². The van der Waals surface area contributed by atoms with Crippen molar-refractivity contribution in [1.29, 1.82) is 0 Å². The Morgan fingerprint density at radius 3 is 2.44 bits per heavy atom. The molecule has 1 heterocycles. The predicted octanol–water partition coefficient (Wildman–Crippen LogP) is 2.71. The normalized spacial score (nSPS) is 25.4. The van der Waals surface area contributed by atoms with Crippen molar-refractivity contribution >= 4 is 5.91 Å². The number of hydrogen-bond acceptors (Lipinski definition) is 2. The summed E-state index contributed by atoms with van der Waals surface area (Å²) < 4.78 is 0. The van der Waals surface area contributed by atoms with Crippen LogP contribution in [0.2, 0.25) is 0 Å². The van der Waals surface area contributed by atoms with Crippen LogP contribution in [0.25, 0.3) is 0 Å². The van der Waals surface area contributed by atoms with Crippen molar-refractivity contribution in [3.05, 3.63) is 0 Å². The fraction of sp³-hybridized carbons (Fsp3) is 0.933. The van der Waals surface area contributed by atoms with Crippen molar-refractivity contribution in [2.75, 3.05) is 13.1 Å². The third-order valence-corrected chi connectivity index (χ3v) is 4.57. The topological polar surface area (TPSA) is 41.1 Å². The molecular formula is C15H30N2O. The van der Waals surface area contributed by atoms with E-state index in [2.05, 4.69) is 38.3 Å². The zero-order valence-corrected chi connectivity index (χ0v) is 12.5. The average molecular weight is 254 g/mol. The van der Waals surface area contributed by atoms with Crippen molar-refractivity contribution in [3.8, 4) is 0 Å². The molecule has 1 aliphatic heterocycles. The molecule has 2 atom stereocenters. The second-order valence-electron chi connectivity index (χ2n) is 5.80. The Kier molecular flexibility index (Phi) is 6.13. The van der Waals surface area contributed by atoms with Gasteiger partial charge in [-0.05, 0) is 32.2 Å². The van der Waals surface area contributed by atoms with E-state index >= 15 is 0 Å². The largest absolute Gasteiger partial charge is 0.353 e. The van der Waals surface area contributed by atoms with Crippen LogP contribution in [0.4, 0.5) is 0 Å². The lowest BCUT2D eigenvalue weighted by Crippen LogP contribution is -2.48. The van der Waals surface area contributed by atoms with Gasteiger partial charge >= 0.3 is 0 Å². The molecule has 0 spiro atoms. The fourth-order valence-corrected chi connectivity index (χ4v) is 3.22. The minimum absolute atomic E-state index is 0.144. The van der Waals surface area contributed by atoms with Gasteiger partial charge in [-0.25, -0.2) is 0 Å². The zero-order chi connectivity index (χ0) is 13.6. The molecule has 1 saturated heterocycles. The molecule has 1 amide bonds. The fourth-order valence-electron chi connectivity index (χ4n) is 3.22. The molecule has 1 aliphatic rings. The Labute approximate surface area is 112 Å². The van der Waals surface area contributed by atoms with Crippen LogP contribution in [0, 0.1) is 11.3 Å². The van der Waals surface area contributed by atoms with Crippen LogP contribution >= 0.6 is 0 Å². The van der Waals surface area contributed by atoms with Gasteiger partial charge in [-0.2, -0.15) is 0 Å². The van der Waals surface area contributed by atoms with E-state index < -0.39 is 0 Å². The van der Waals surface area contributed by atoms with Crippen molar-refractivity contribution in [1.82, 2.24) is 10.6 Å². The highest BCUT2D eigenvalue weighted by Gasteiger charge is 2.40. The predicted molar refractivity (Wildman–Crippen MR) is 76.5 cm³/mol. The maximum absolute atomic E-state index is 12.6. The Morgan fingerprint density at radius 2 is 2.00 bits per heavy atom. The molecule has 1 fully saturated rings. The van der Waals surface area contributed by atoms with Gasteiger partial charge in [0, 0.05) is 12.6 Å². The summed E-state index contributed by atoms with van der Waals surface area (Å²) in [6.07, 6.45) is 5.34. The molecule has 2 N–H and O–H groups in total. The van der Waals surface area contributed by atoms with Crippen LogP contribution < -0.4 is 10.6 Å². The van der Waals surface area contributed by atoms with Gasteiger partial charge in [-0.3, -0.25) is 4.79 Å². The minimum Gasteiger partial charge on any atom is -0.353 e. The summed E-state index contributed by atoms with van der Waals surface area (Å²) in [5, 5.41) is 6.62. The molecule has 0 aromatic heterocycles. The van der Waals surface area contributed by atoms with Crippen LogP contribution in [0.5, 0.6) is 0 Å². The molecule has 0 aliphatic carbocycles. The van der Waals surface area contributed by atoms with Gasteiger partial charge < -0.3 is 10.6 Å². The lowest BCUT2D eigenvalue weighted by atomic mass is 9.81. The number of carbonyl (C=O) groups excluding carboxylic acids is 1. The first kappa shape index (κ1) is 15.5. The first-order chi connectivity index (χ1) is 8.59. The first-order valence-corrected chi connectivity index (χ1v) is 7.61. The molecular weight excluding hydrogens is 224 g/mol. The Morgan fingerprint density at radius 1 is 1.33 bits per heavy atom. The van der Waals surface area contributed by atoms with Gasteiger partial charge in [-0.1, -0.05) is 40.0 Å². The quantitative estimate of drug-likeness (QED) is 0.733. The summed E-state index contributed by atoms with van der Waals surface area (Å²) in [6.45, 7) is 10.6. The SMILES string of the molecule is CCCC1(C(=O)NC(C)C(CC)CC)CCNC1. The van der Waals surface area contributed by atoms with Crippen molar-refractivity contribution in [2.24, 2.45) is 11.3 Å². The molecule has 0 bridgehead atoms. The van der Waals surface area contributed by atoms with Crippen molar-refractivity contribution in [2.45, 2.75) is 65.8 Å². The highest BCUT2D eigenvalue weighted by atomic mass is 16.2. The number of nitrogens with one attached hydrogen (secondary N) is 2. The maximum atomic E-state index is 12.6. The highest BCUT2D eigenvalue weighted by Crippen LogP contribution is 2.31. The molecule has 2 unspecified atom stereocenters. The van der Waals surface area contributed by atoms with Gasteiger partial charge in [0.05, 0.1) is 5.41 Å². The van der Waals surface area contributed by atoms with Gasteiger partial charge in [0.15, 0.2) is 0 Å². The number of amides is 1. The number of rotatable bonds is 7. The molecule has 0 saturated carbocycles. The molecule has 0 aromatic carbocycles. The first-order valence-electron chi connectivity index (χ1n) is 7.61. The third-order valence-electron chi connectivity index (χ3n) is 4.57. The van der Waals surface area contributed by atoms with Crippen LogP contribution in [-0.2, 0) is 4.79 Å². The van der Waals surface area contributed by atoms with E-state index in [-0.39, 0.29) is 11.3 Å². The van der Waals surface area contributed by atoms with E-state index in [1.54, 1.807) is 0 Å². The number of hydrogen-bond donors (Lipinski definition) is 2. The molecule has 1 rings (SSSR count). The van der Waals surface area contributed by atoms with Crippen molar-refractivity contribution in [3.63, 3.8) is 0 Å². The van der Waals surface area contributed by atoms with Crippen molar-refractivity contribution < 1.29 is 4.79 Å². The lowest BCUT2D eigenvalue weighted by Gasteiger charge is -2.31. The van der Waals surface area contributed by atoms with Crippen LogP contribution in [0.15, 0.2) is 0 Å². The smallest absolute Gasteiger partial charge is 0.227 e. The molecule has 106 valence electrons. The van der Waals surface area contributed by atoms with Crippen LogP contribution in [-0.4, -0.2) is 25.0 Å². The summed E-state index contributed by atoms with van der Waals surface area (Å²) >= 11 is 0. The van der Waals surface area contributed by atoms with E-state index in [0.29, 0.717) is 12.0 Å². The highest BCUT2D eigenvalue weighted by molar-refractivity contribution is 5.83. The Hall–Kier alpha value is -0.570. The summed E-state index contributed by atoms with van der Waals surface area (Å²) in [5.74, 6) is 0.871. The summed E-state index contributed by atoms with van der Waals surface area (Å²) in [7, 11) is 0. The Bertz CT molecular complexity index is 255. The minimum atomic E-state index is -0.144. The molecule has 3 nitrogen and oxygen atoms in total. The van der Waals surface area contributed by atoms with E-state index in [0.717, 1.165) is 45.2 Å². The van der Waals surface area contributed by atoms with E-state index in [4.69, 9.17) is 0 Å². The van der Waals surface area contributed by atoms with Crippen LogP contribution in [0.1, 0.15) is 59.8 Å². The second-order valence-corrected chi connectivity index (χ2v) is 5.80. The second kappa shape index (κ2) is 7.13. The van der Waals surface area contributed by atoms with E-state index in [1.807, 2.05) is 0 Å². The van der Waals surface area contributed by atoms with Gasteiger partial charge in [0.1, 0.15) is 0 Å². The van der Waals surface area contributed by atoms with E-state index in [9.17, 15) is 4.79 Å². The Balaban J connectivity index is 2.61. The summed E-state index contributed by atoms with van der Waals surface area (Å²) in [5.41, 5.74) is -0.144. The van der Waals surface area contributed by atoms with Gasteiger partial charge in [0.25, 0.3) is 0 Å². The molecule has 0 radical (unpaired) electrons. The third kappa shape index (κ3) is 3.47.